The summed E-state index contributed by atoms with van der Waals surface area (Å²) in [7, 11) is 4.72. The highest BCUT2D eigenvalue weighted by Crippen LogP contribution is 2.38. The average Bonchev–Trinajstić information content (AvgIpc) is 2.70. The molecule has 2 N–H and O–H groups in total. The second kappa shape index (κ2) is 10.4. The minimum atomic E-state index is -0.0376. The van der Waals surface area contributed by atoms with Gasteiger partial charge in [-0.2, -0.15) is 0 Å². The molecule has 0 heterocycles. The Morgan fingerprint density at radius 3 is 2.26 bits per heavy atom. The van der Waals surface area contributed by atoms with Crippen molar-refractivity contribution >= 4 is 11.6 Å². The Bertz CT molecular complexity index is 737. The molecule has 0 unspecified atom stereocenters. The average molecular weight is 372 g/mol. The number of methoxy groups -OCH3 is 3. The van der Waals surface area contributed by atoms with Crippen LogP contribution < -0.4 is 24.8 Å². The van der Waals surface area contributed by atoms with E-state index >= 15 is 0 Å². The second-order valence-corrected chi connectivity index (χ2v) is 6.06. The fourth-order valence-corrected chi connectivity index (χ4v) is 2.79. The summed E-state index contributed by atoms with van der Waals surface area (Å²) in [6.45, 7) is 3.76. The first kappa shape index (κ1) is 20.6. The summed E-state index contributed by atoms with van der Waals surface area (Å²) in [6.07, 6.45) is 0.926. The van der Waals surface area contributed by atoms with E-state index in [1.165, 1.54) is 0 Å². The molecule has 0 aliphatic carbocycles. The van der Waals surface area contributed by atoms with Crippen molar-refractivity contribution in [3.63, 3.8) is 0 Å². The van der Waals surface area contributed by atoms with E-state index in [4.69, 9.17) is 14.2 Å². The van der Waals surface area contributed by atoms with Crippen LogP contribution in [0.5, 0.6) is 17.2 Å². The Morgan fingerprint density at radius 2 is 1.67 bits per heavy atom. The largest absolute Gasteiger partial charge is 0.493 e. The van der Waals surface area contributed by atoms with Crippen LogP contribution in [0.2, 0.25) is 0 Å². The molecule has 2 aromatic rings. The van der Waals surface area contributed by atoms with Gasteiger partial charge in [0, 0.05) is 18.7 Å². The molecule has 6 nitrogen and oxygen atoms in total. The van der Waals surface area contributed by atoms with Gasteiger partial charge in [0.25, 0.3) is 0 Å². The molecule has 0 radical (unpaired) electrons. The predicted molar refractivity (Wildman–Crippen MR) is 107 cm³/mol. The van der Waals surface area contributed by atoms with Gasteiger partial charge in [0.05, 0.1) is 21.3 Å². The summed E-state index contributed by atoms with van der Waals surface area (Å²) in [5.41, 5.74) is 2.89. The third kappa shape index (κ3) is 5.89. The van der Waals surface area contributed by atoms with Gasteiger partial charge in [-0.1, -0.05) is 19.1 Å². The Kier molecular flexibility index (Phi) is 7.95. The number of amides is 1. The molecule has 146 valence electrons. The smallest absolute Gasteiger partial charge is 0.224 e. The van der Waals surface area contributed by atoms with E-state index in [2.05, 4.69) is 17.6 Å². The first-order valence-electron chi connectivity index (χ1n) is 8.99. The molecule has 2 aromatic carbocycles. The van der Waals surface area contributed by atoms with Crippen molar-refractivity contribution in [1.29, 1.82) is 0 Å². The molecular formula is C21H28N2O4. The zero-order valence-corrected chi connectivity index (χ0v) is 16.4. The normalized spacial score (nSPS) is 10.4. The number of nitrogens with one attached hydrogen (secondary N) is 2. The van der Waals surface area contributed by atoms with Crippen LogP contribution in [-0.4, -0.2) is 33.8 Å². The van der Waals surface area contributed by atoms with Crippen LogP contribution in [0.3, 0.4) is 0 Å². The topological polar surface area (TPSA) is 68.8 Å². The number of ether oxygens (including phenoxy) is 3. The fourth-order valence-electron chi connectivity index (χ4n) is 2.79. The minimum absolute atomic E-state index is 0.0376. The van der Waals surface area contributed by atoms with Gasteiger partial charge in [-0.3, -0.25) is 4.79 Å². The summed E-state index contributed by atoms with van der Waals surface area (Å²) in [5, 5.41) is 6.23. The molecule has 1 amide bonds. The Morgan fingerprint density at radius 1 is 0.963 bits per heavy atom. The molecule has 27 heavy (non-hydrogen) atoms. The second-order valence-electron chi connectivity index (χ2n) is 6.06. The highest BCUT2D eigenvalue weighted by atomic mass is 16.5. The van der Waals surface area contributed by atoms with Crippen LogP contribution in [0.1, 0.15) is 24.5 Å². The van der Waals surface area contributed by atoms with Crippen molar-refractivity contribution < 1.29 is 19.0 Å². The molecule has 0 bridgehead atoms. The number of carbonyl (C=O) groups excluding carboxylic acids is 1. The summed E-state index contributed by atoms with van der Waals surface area (Å²) in [4.78, 5) is 12.3. The molecule has 0 aromatic heterocycles. The SMILES string of the molecule is CCNCc1cccc(NC(=O)CCc2cc(OC)c(OC)c(OC)c2)c1. The Balaban J connectivity index is 1.99. The van der Waals surface area contributed by atoms with Gasteiger partial charge in [-0.05, 0) is 48.4 Å². The molecule has 0 aliphatic heterocycles. The molecule has 0 fully saturated rings. The predicted octanol–water partition coefficient (Wildman–Crippen LogP) is 3.39. The number of aryl methyl sites for hydroxylation is 1. The van der Waals surface area contributed by atoms with Gasteiger partial charge < -0.3 is 24.8 Å². The van der Waals surface area contributed by atoms with Crippen molar-refractivity contribution in [3.05, 3.63) is 47.5 Å². The molecule has 6 heteroatoms. The highest BCUT2D eigenvalue weighted by molar-refractivity contribution is 5.90. The van der Waals surface area contributed by atoms with Crippen LogP contribution in [0.25, 0.3) is 0 Å². The zero-order chi connectivity index (χ0) is 19.6. The summed E-state index contributed by atoms with van der Waals surface area (Å²) >= 11 is 0. The van der Waals surface area contributed by atoms with Crippen LogP contribution in [0, 0.1) is 0 Å². The summed E-state index contributed by atoms with van der Waals surface area (Å²) < 4.78 is 16.0. The third-order valence-electron chi connectivity index (χ3n) is 4.16. The van der Waals surface area contributed by atoms with Crippen molar-refractivity contribution in [2.45, 2.75) is 26.3 Å². The maximum atomic E-state index is 12.3. The van der Waals surface area contributed by atoms with Crippen molar-refractivity contribution in [2.24, 2.45) is 0 Å². The number of benzene rings is 2. The lowest BCUT2D eigenvalue weighted by atomic mass is 10.1. The maximum Gasteiger partial charge on any atom is 0.224 e. The van der Waals surface area contributed by atoms with Gasteiger partial charge in [-0.25, -0.2) is 0 Å². The minimum Gasteiger partial charge on any atom is -0.493 e. The summed E-state index contributed by atoms with van der Waals surface area (Å²) in [6, 6.07) is 11.6. The fraction of sp³-hybridized carbons (Fsp3) is 0.381. The van der Waals surface area contributed by atoms with Gasteiger partial charge in [0.15, 0.2) is 11.5 Å². The van der Waals surface area contributed by atoms with E-state index in [0.717, 1.165) is 29.9 Å². The van der Waals surface area contributed by atoms with E-state index in [1.807, 2.05) is 36.4 Å². The maximum absolute atomic E-state index is 12.3. The van der Waals surface area contributed by atoms with Crippen molar-refractivity contribution in [3.8, 4) is 17.2 Å². The lowest BCUT2D eigenvalue weighted by Crippen LogP contribution is -2.14. The van der Waals surface area contributed by atoms with Gasteiger partial charge in [0.2, 0.25) is 11.7 Å². The molecule has 2 rings (SSSR count). The number of hydrogen-bond donors (Lipinski definition) is 2. The third-order valence-corrected chi connectivity index (χ3v) is 4.16. The van der Waals surface area contributed by atoms with Crippen LogP contribution >= 0.6 is 0 Å². The monoisotopic (exact) mass is 372 g/mol. The van der Waals surface area contributed by atoms with Crippen molar-refractivity contribution in [2.75, 3.05) is 33.2 Å². The van der Waals surface area contributed by atoms with E-state index < -0.39 is 0 Å². The van der Waals surface area contributed by atoms with Gasteiger partial charge in [0.1, 0.15) is 0 Å². The van der Waals surface area contributed by atoms with Gasteiger partial charge in [-0.15, -0.1) is 0 Å². The van der Waals surface area contributed by atoms with Crippen molar-refractivity contribution in [1.82, 2.24) is 5.32 Å². The Labute approximate surface area is 160 Å². The first-order valence-corrected chi connectivity index (χ1v) is 8.99. The molecule has 0 spiro atoms. The molecule has 0 saturated heterocycles. The number of carbonyl (C=O) groups is 1. The Hall–Kier alpha value is -2.73. The van der Waals surface area contributed by atoms with E-state index in [0.29, 0.717) is 30.1 Å². The molecule has 0 aliphatic rings. The lowest BCUT2D eigenvalue weighted by molar-refractivity contribution is -0.116. The van der Waals surface area contributed by atoms with E-state index in [-0.39, 0.29) is 5.91 Å². The van der Waals surface area contributed by atoms with Gasteiger partial charge >= 0.3 is 0 Å². The zero-order valence-electron chi connectivity index (χ0n) is 16.4. The van der Waals surface area contributed by atoms with Crippen LogP contribution in [-0.2, 0) is 17.8 Å². The number of hydrogen-bond acceptors (Lipinski definition) is 5. The molecule has 0 saturated carbocycles. The summed E-state index contributed by atoms with van der Waals surface area (Å²) in [5.74, 6) is 1.68. The van der Waals surface area contributed by atoms with E-state index in [1.54, 1.807) is 21.3 Å². The quantitative estimate of drug-likeness (QED) is 0.669. The van der Waals surface area contributed by atoms with Crippen LogP contribution in [0.15, 0.2) is 36.4 Å². The highest BCUT2D eigenvalue weighted by Gasteiger charge is 2.14. The number of rotatable bonds is 10. The standard InChI is InChI=1S/C21H28N2O4/c1-5-22-14-16-7-6-8-17(11-16)23-20(24)10-9-15-12-18(25-2)21(27-4)19(13-15)26-3/h6-8,11-13,22H,5,9-10,14H2,1-4H3,(H,23,24). The molecule has 0 atom stereocenters. The number of anilines is 1. The molecular weight excluding hydrogens is 344 g/mol. The van der Waals surface area contributed by atoms with Crippen LogP contribution in [0.4, 0.5) is 5.69 Å². The van der Waals surface area contributed by atoms with E-state index in [9.17, 15) is 4.79 Å². The lowest BCUT2D eigenvalue weighted by Gasteiger charge is -2.14. The first-order chi connectivity index (χ1) is 13.1.